The zero-order valence-corrected chi connectivity index (χ0v) is 6.00. The van der Waals surface area contributed by atoms with Gasteiger partial charge < -0.3 is 9.90 Å². The van der Waals surface area contributed by atoms with Gasteiger partial charge in [0.05, 0.1) is 0 Å². The summed E-state index contributed by atoms with van der Waals surface area (Å²) in [6.07, 6.45) is 1.65. The molecule has 0 heterocycles. The number of rotatable bonds is 4. The lowest BCUT2D eigenvalue weighted by Crippen LogP contribution is -2.10. The summed E-state index contributed by atoms with van der Waals surface area (Å²) in [4.78, 5) is 10.1. The number of aliphatic hydroxyl groups is 1. The SMILES string of the molecule is CC(C=O)C(C)CCO. The molecule has 0 saturated heterocycles. The molecule has 0 aromatic rings. The van der Waals surface area contributed by atoms with Gasteiger partial charge in [-0.2, -0.15) is 0 Å². The Morgan fingerprint density at radius 2 is 2.11 bits per heavy atom. The van der Waals surface area contributed by atoms with Crippen molar-refractivity contribution in [1.82, 2.24) is 0 Å². The predicted octanol–water partition coefficient (Wildman–Crippen LogP) is 0.840. The summed E-state index contributed by atoms with van der Waals surface area (Å²) >= 11 is 0. The third-order valence-electron chi connectivity index (χ3n) is 1.70. The average Bonchev–Trinajstić information content (AvgIpc) is 1.87. The molecule has 2 nitrogen and oxygen atoms in total. The molecule has 0 bridgehead atoms. The molecular formula is C7H14O2. The van der Waals surface area contributed by atoms with Gasteiger partial charge >= 0.3 is 0 Å². The van der Waals surface area contributed by atoms with E-state index in [2.05, 4.69) is 0 Å². The fourth-order valence-corrected chi connectivity index (χ4v) is 0.601. The summed E-state index contributed by atoms with van der Waals surface area (Å²) in [6, 6.07) is 0. The smallest absolute Gasteiger partial charge is 0.123 e. The monoisotopic (exact) mass is 130 g/mol. The molecule has 2 heteroatoms. The van der Waals surface area contributed by atoms with E-state index in [9.17, 15) is 4.79 Å². The maximum Gasteiger partial charge on any atom is 0.123 e. The molecule has 0 aliphatic carbocycles. The van der Waals surface area contributed by atoms with Gasteiger partial charge in [-0.3, -0.25) is 0 Å². The van der Waals surface area contributed by atoms with Crippen LogP contribution in [0.15, 0.2) is 0 Å². The van der Waals surface area contributed by atoms with Gasteiger partial charge in [0, 0.05) is 12.5 Å². The van der Waals surface area contributed by atoms with Gasteiger partial charge in [-0.25, -0.2) is 0 Å². The van der Waals surface area contributed by atoms with E-state index in [4.69, 9.17) is 5.11 Å². The van der Waals surface area contributed by atoms with Crippen molar-refractivity contribution in [2.24, 2.45) is 11.8 Å². The van der Waals surface area contributed by atoms with Crippen LogP contribution in [0, 0.1) is 11.8 Å². The van der Waals surface area contributed by atoms with E-state index >= 15 is 0 Å². The Bertz CT molecular complexity index is 81.0. The Morgan fingerprint density at radius 1 is 1.56 bits per heavy atom. The van der Waals surface area contributed by atoms with E-state index in [-0.39, 0.29) is 12.5 Å². The highest BCUT2D eigenvalue weighted by Crippen LogP contribution is 2.10. The molecule has 54 valence electrons. The van der Waals surface area contributed by atoms with Crippen LogP contribution in [0.3, 0.4) is 0 Å². The Morgan fingerprint density at radius 3 is 2.44 bits per heavy atom. The lowest BCUT2D eigenvalue weighted by Gasteiger charge is -2.11. The summed E-state index contributed by atoms with van der Waals surface area (Å²) in [5.74, 6) is 0.393. The van der Waals surface area contributed by atoms with Crippen molar-refractivity contribution < 1.29 is 9.90 Å². The van der Waals surface area contributed by atoms with Gasteiger partial charge in [-0.1, -0.05) is 13.8 Å². The molecule has 0 radical (unpaired) electrons. The third kappa shape index (κ3) is 3.25. The van der Waals surface area contributed by atoms with E-state index in [1.54, 1.807) is 0 Å². The lowest BCUT2D eigenvalue weighted by atomic mass is 9.95. The van der Waals surface area contributed by atoms with Crippen molar-refractivity contribution in [2.75, 3.05) is 6.61 Å². The Labute approximate surface area is 55.9 Å². The van der Waals surface area contributed by atoms with E-state index in [0.29, 0.717) is 5.92 Å². The van der Waals surface area contributed by atoms with Gasteiger partial charge in [0.25, 0.3) is 0 Å². The Kier molecular flexibility index (Phi) is 4.32. The van der Waals surface area contributed by atoms with Gasteiger partial charge in [-0.15, -0.1) is 0 Å². The highest BCUT2D eigenvalue weighted by molar-refractivity contribution is 5.53. The number of hydrogen-bond donors (Lipinski definition) is 1. The largest absolute Gasteiger partial charge is 0.396 e. The lowest BCUT2D eigenvalue weighted by molar-refractivity contribution is -0.111. The van der Waals surface area contributed by atoms with Gasteiger partial charge in [0.15, 0.2) is 0 Å². The molecule has 9 heavy (non-hydrogen) atoms. The van der Waals surface area contributed by atoms with E-state index in [1.807, 2.05) is 13.8 Å². The molecule has 0 aromatic heterocycles. The van der Waals surface area contributed by atoms with Gasteiger partial charge in [0.2, 0.25) is 0 Å². The molecule has 0 amide bonds. The van der Waals surface area contributed by atoms with Crippen molar-refractivity contribution in [3.05, 3.63) is 0 Å². The van der Waals surface area contributed by atoms with Gasteiger partial charge in [0.1, 0.15) is 6.29 Å². The van der Waals surface area contributed by atoms with Gasteiger partial charge in [-0.05, 0) is 12.3 Å². The first-order valence-electron chi connectivity index (χ1n) is 3.28. The molecule has 0 rings (SSSR count). The summed E-state index contributed by atoms with van der Waals surface area (Å²) in [7, 11) is 0. The van der Waals surface area contributed by atoms with Crippen LogP contribution in [-0.2, 0) is 4.79 Å². The molecule has 2 atom stereocenters. The van der Waals surface area contributed by atoms with Crippen LogP contribution in [0.5, 0.6) is 0 Å². The minimum absolute atomic E-state index is 0.0807. The van der Waals surface area contributed by atoms with Crippen LogP contribution < -0.4 is 0 Å². The molecule has 0 aromatic carbocycles. The van der Waals surface area contributed by atoms with Crippen LogP contribution in [-0.4, -0.2) is 18.0 Å². The Hall–Kier alpha value is -0.370. The third-order valence-corrected chi connectivity index (χ3v) is 1.70. The number of carbonyl (C=O) groups excluding carboxylic acids is 1. The van der Waals surface area contributed by atoms with Crippen LogP contribution in [0.4, 0.5) is 0 Å². The predicted molar refractivity (Wildman–Crippen MR) is 36.1 cm³/mol. The minimum Gasteiger partial charge on any atom is -0.396 e. The zero-order chi connectivity index (χ0) is 7.28. The normalized spacial score (nSPS) is 16.8. The maximum absolute atomic E-state index is 10.1. The second-order valence-electron chi connectivity index (χ2n) is 2.48. The summed E-state index contributed by atoms with van der Waals surface area (Å²) in [5.41, 5.74) is 0. The molecule has 0 saturated carbocycles. The summed E-state index contributed by atoms with van der Waals surface area (Å²) in [6.45, 7) is 4.02. The van der Waals surface area contributed by atoms with E-state index in [0.717, 1.165) is 12.7 Å². The fourth-order valence-electron chi connectivity index (χ4n) is 0.601. The standard InChI is InChI=1S/C7H14O2/c1-6(3-4-8)7(2)5-9/h5-8H,3-4H2,1-2H3. The topological polar surface area (TPSA) is 37.3 Å². The fraction of sp³-hybridized carbons (Fsp3) is 0.857. The number of aliphatic hydroxyl groups excluding tert-OH is 1. The van der Waals surface area contributed by atoms with Crippen molar-refractivity contribution in [1.29, 1.82) is 0 Å². The first kappa shape index (κ1) is 8.63. The second kappa shape index (κ2) is 4.50. The molecule has 0 aliphatic rings. The summed E-state index contributed by atoms with van der Waals surface area (Å²) in [5, 5.41) is 8.47. The van der Waals surface area contributed by atoms with Crippen molar-refractivity contribution in [3.8, 4) is 0 Å². The minimum atomic E-state index is 0.0807. The summed E-state index contributed by atoms with van der Waals surface area (Å²) < 4.78 is 0. The zero-order valence-electron chi connectivity index (χ0n) is 6.00. The molecule has 0 fully saturated rings. The molecule has 0 spiro atoms. The Balaban J connectivity index is 3.44. The van der Waals surface area contributed by atoms with Crippen molar-refractivity contribution in [2.45, 2.75) is 20.3 Å². The second-order valence-corrected chi connectivity index (χ2v) is 2.48. The number of aldehydes is 1. The molecule has 2 unspecified atom stereocenters. The molecular weight excluding hydrogens is 116 g/mol. The highest BCUT2D eigenvalue weighted by Gasteiger charge is 2.08. The quantitative estimate of drug-likeness (QED) is 0.572. The number of hydrogen-bond acceptors (Lipinski definition) is 2. The maximum atomic E-state index is 10.1. The van der Waals surface area contributed by atoms with Crippen LogP contribution in [0.2, 0.25) is 0 Å². The van der Waals surface area contributed by atoms with Crippen LogP contribution in [0.1, 0.15) is 20.3 Å². The first-order valence-corrected chi connectivity index (χ1v) is 3.28. The average molecular weight is 130 g/mol. The molecule has 0 aliphatic heterocycles. The van der Waals surface area contributed by atoms with E-state index in [1.165, 1.54) is 0 Å². The molecule has 1 N–H and O–H groups in total. The van der Waals surface area contributed by atoms with Crippen LogP contribution in [0.25, 0.3) is 0 Å². The van der Waals surface area contributed by atoms with Crippen molar-refractivity contribution >= 4 is 6.29 Å². The highest BCUT2D eigenvalue weighted by atomic mass is 16.3. The van der Waals surface area contributed by atoms with Crippen molar-refractivity contribution in [3.63, 3.8) is 0 Å². The number of carbonyl (C=O) groups is 1. The first-order chi connectivity index (χ1) is 4.22. The van der Waals surface area contributed by atoms with E-state index < -0.39 is 0 Å². The van der Waals surface area contributed by atoms with Crippen LogP contribution >= 0.6 is 0 Å².